The first-order chi connectivity index (χ1) is 12.8. The summed E-state index contributed by atoms with van der Waals surface area (Å²) < 4.78 is 0. The summed E-state index contributed by atoms with van der Waals surface area (Å²) in [6, 6.07) is 18.7. The van der Waals surface area contributed by atoms with Crippen LogP contribution in [0.1, 0.15) is 42.5 Å². The van der Waals surface area contributed by atoms with Crippen molar-refractivity contribution in [3.8, 4) is 11.1 Å². The van der Waals surface area contributed by atoms with Gasteiger partial charge in [0.05, 0.1) is 0 Å². The second-order valence-corrected chi connectivity index (χ2v) is 7.33. The molecule has 1 amide bonds. The van der Waals surface area contributed by atoms with Gasteiger partial charge in [-0.25, -0.2) is 0 Å². The number of benzene rings is 2. The number of hydrogen-bond donors (Lipinski definition) is 2. The summed E-state index contributed by atoms with van der Waals surface area (Å²) in [4.78, 5) is 12.4. The van der Waals surface area contributed by atoms with E-state index < -0.39 is 0 Å². The van der Waals surface area contributed by atoms with Crippen LogP contribution in [0.2, 0.25) is 0 Å². The van der Waals surface area contributed by atoms with Crippen LogP contribution in [0.5, 0.6) is 0 Å². The third-order valence-corrected chi connectivity index (χ3v) is 5.68. The van der Waals surface area contributed by atoms with Gasteiger partial charge in [-0.3, -0.25) is 4.79 Å². The van der Waals surface area contributed by atoms with Crippen LogP contribution in [0.15, 0.2) is 66.4 Å². The monoisotopic (exact) mass is 346 g/mol. The highest BCUT2D eigenvalue weighted by Gasteiger charge is 2.31. The minimum absolute atomic E-state index is 0.0105. The Morgan fingerprint density at radius 2 is 1.69 bits per heavy atom. The first-order valence-corrected chi connectivity index (χ1v) is 9.70. The highest BCUT2D eigenvalue weighted by Crippen LogP contribution is 2.34. The highest BCUT2D eigenvalue weighted by molar-refractivity contribution is 5.94. The van der Waals surface area contributed by atoms with E-state index in [1.54, 1.807) is 0 Å². The second-order valence-electron chi connectivity index (χ2n) is 7.33. The van der Waals surface area contributed by atoms with Crippen LogP contribution in [0.3, 0.4) is 0 Å². The lowest BCUT2D eigenvalue weighted by Crippen LogP contribution is -2.31. The molecule has 2 aliphatic rings. The Bertz CT molecular complexity index is 780. The van der Waals surface area contributed by atoms with Crippen LogP contribution in [-0.2, 0) is 0 Å². The van der Waals surface area contributed by atoms with Gasteiger partial charge in [-0.2, -0.15) is 0 Å². The molecule has 3 nitrogen and oxygen atoms in total. The summed E-state index contributed by atoms with van der Waals surface area (Å²) in [6.45, 7) is 0.704. The van der Waals surface area contributed by atoms with E-state index in [2.05, 4.69) is 29.0 Å². The molecule has 26 heavy (non-hydrogen) atoms. The van der Waals surface area contributed by atoms with Crippen molar-refractivity contribution < 1.29 is 4.79 Å². The zero-order chi connectivity index (χ0) is 17.8. The van der Waals surface area contributed by atoms with Crippen molar-refractivity contribution in [2.45, 2.75) is 38.1 Å². The number of rotatable bonds is 5. The molecule has 2 N–H and O–H groups in total. The first kappa shape index (κ1) is 16.9. The average Bonchev–Trinajstić information content (AvgIpc) is 3.12. The first-order valence-electron chi connectivity index (χ1n) is 9.70. The van der Waals surface area contributed by atoms with Crippen LogP contribution in [0.25, 0.3) is 11.1 Å². The summed E-state index contributed by atoms with van der Waals surface area (Å²) >= 11 is 0. The van der Waals surface area contributed by atoms with Crippen molar-refractivity contribution in [1.82, 2.24) is 10.6 Å². The average molecular weight is 346 g/mol. The maximum absolute atomic E-state index is 12.4. The van der Waals surface area contributed by atoms with Crippen molar-refractivity contribution in [3.05, 3.63) is 71.9 Å². The van der Waals surface area contributed by atoms with Gasteiger partial charge in [0.2, 0.25) is 0 Å². The molecule has 1 aliphatic heterocycles. The molecule has 4 rings (SSSR count). The molecule has 0 spiro atoms. The molecule has 0 saturated heterocycles. The minimum Gasteiger partial charge on any atom is -0.388 e. The lowest BCUT2D eigenvalue weighted by atomic mass is 9.81. The van der Waals surface area contributed by atoms with E-state index in [-0.39, 0.29) is 5.91 Å². The minimum atomic E-state index is 0.0105. The smallest absolute Gasteiger partial charge is 0.251 e. The summed E-state index contributed by atoms with van der Waals surface area (Å²) in [5.74, 6) is 0.696. The Labute approximate surface area is 155 Å². The fourth-order valence-corrected chi connectivity index (χ4v) is 4.22. The van der Waals surface area contributed by atoms with E-state index in [1.807, 2.05) is 42.5 Å². The molecule has 1 unspecified atom stereocenters. The third kappa shape index (κ3) is 3.67. The maximum atomic E-state index is 12.4. The number of carbonyl (C=O) groups is 1. The van der Waals surface area contributed by atoms with Crippen LogP contribution < -0.4 is 10.6 Å². The van der Waals surface area contributed by atoms with Crippen LogP contribution in [0.4, 0.5) is 0 Å². The number of fused-ring (bicyclic) bond motifs is 1. The molecular weight excluding hydrogens is 320 g/mol. The second kappa shape index (κ2) is 7.77. The number of carbonyl (C=O) groups excluding carboxylic acids is 1. The number of amides is 1. The highest BCUT2D eigenvalue weighted by atomic mass is 16.1. The standard InChI is InChI=1S/C23H26N2O/c26-23(19-12-10-18(11-13-19)17-6-2-1-3-7-17)24-15-14-20-16-25-22-9-5-4-8-21(20)22/h1-3,6-7,10-13,16,21-22,25H,4-5,8-9,14-15H2,(H,24,26)/t21-,22?/m0/s1. The molecule has 2 aromatic rings. The largest absolute Gasteiger partial charge is 0.388 e. The Kier molecular flexibility index (Phi) is 5.05. The predicted octanol–water partition coefficient (Wildman–Crippen LogP) is 4.52. The van der Waals surface area contributed by atoms with E-state index >= 15 is 0 Å². The van der Waals surface area contributed by atoms with Crippen molar-refractivity contribution in [2.24, 2.45) is 5.92 Å². The maximum Gasteiger partial charge on any atom is 0.251 e. The molecule has 0 radical (unpaired) electrons. The molecule has 1 fully saturated rings. The number of nitrogens with one attached hydrogen (secondary N) is 2. The van der Waals surface area contributed by atoms with Crippen LogP contribution in [-0.4, -0.2) is 18.5 Å². The van der Waals surface area contributed by atoms with Gasteiger partial charge >= 0.3 is 0 Å². The van der Waals surface area contributed by atoms with Gasteiger partial charge < -0.3 is 10.6 Å². The lowest BCUT2D eigenvalue weighted by molar-refractivity contribution is 0.0954. The van der Waals surface area contributed by atoms with Gasteiger partial charge in [-0.05, 0) is 54.3 Å². The molecule has 0 aromatic heterocycles. The van der Waals surface area contributed by atoms with Gasteiger partial charge in [0.1, 0.15) is 0 Å². The topological polar surface area (TPSA) is 41.1 Å². The van der Waals surface area contributed by atoms with Crippen molar-refractivity contribution in [1.29, 1.82) is 0 Å². The van der Waals surface area contributed by atoms with Gasteiger partial charge in [0.25, 0.3) is 5.91 Å². The zero-order valence-corrected chi connectivity index (χ0v) is 15.1. The van der Waals surface area contributed by atoms with E-state index in [9.17, 15) is 4.79 Å². The van der Waals surface area contributed by atoms with Crippen molar-refractivity contribution in [2.75, 3.05) is 6.54 Å². The summed E-state index contributed by atoms with van der Waals surface area (Å²) in [7, 11) is 0. The fraction of sp³-hybridized carbons (Fsp3) is 0.348. The Hall–Kier alpha value is -2.55. The molecular formula is C23H26N2O. The van der Waals surface area contributed by atoms with E-state index in [0.717, 1.165) is 17.5 Å². The molecule has 3 heteroatoms. The van der Waals surface area contributed by atoms with E-state index in [4.69, 9.17) is 0 Å². The fourth-order valence-electron chi connectivity index (χ4n) is 4.22. The molecule has 1 aliphatic carbocycles. The van der Waals surface area contributed by atoms with Gasteiger partial charge in [0.15, 0.2) is 0 Å². The molecule has 1 heterocycles. The Morgan fingerprint density at radius 3 is 2.50 bits per heavy atom. The SMILES string of the molecule is O=C(NCCC1=CNC2CCCC[C@@H]12)c1ccc(-c2ccccc2)cc1. The summed E-state index contributed by atoms with van der Waals surface area (Å²) in [6.07, 6.45) is 8.39. The van der Waals surface area contributed by atoms with Crippen LogP contribution in [0, 0.1) is 5.92 Å². The Balaban J connectivity index is 1.30. The quantitative estimate of drug-likeness (QED) is 0.836. The van der Waals surface area contributed by atoms with Gasteiger partial charge in [0, 0.05) is 24.1 Å². The predicted molar refractivity (Wildman–Crippen MR) is 106 cm³/mol. The molecule has 0 bridgehead atoms. The van der Waals surface area contributed by atoms with Crippen molar-refractivity contribution >= 4 is 5.91 Å². The van der Waals surface area contributed by atoms with E-state index in [1.165, 1.54) is 36.8 Å². The Morgan fingerprint density at radius 1 is 0.962 bits per heavy atom. The zero-order valence-electron chi connectivity index (χ0n) is 15.1. The van der Waals surface area contributed by atoms with Crippen LogP contribution >= 0.6 is 0 Å². The van der Waals surface area contributed by atoms with Gasteiger partial charge in [-0.15, -0.1) is 0 Å². The third-order valence-electron chi connectivity index (χ3n) is 5.68. The lowest BCUT2D eigenvalue weighted by Gasteiger charge is -2.27. The number of hydrogen-bond acceptors (Lipinski definition) is 2. The van der Waals surface area contributed by atoms with Crippen molar-refractivity contribution in [3.63, 3.8) is 0 Å². The summed E-state index contributed by atoms with van der Waals surface area (Å²) in [5, 5.41) is 6.60. The molecule has 134 valence electrons. The molecule has 2 atom stereocenters. The normalized spacial score (nSPS) is 21.5. The summed E-state index contributed by atoms with van der Waals surface area (Å²) in [5.41, 5.74) is 4.50. The van der Waals surface area contributed by atoms with Gasteiger partial charge in [-0.1, -0.05) is 55.3 Å². The molecule has 1 saturated carbocycles. The molecule has 2 aromatic carbocycles. The van der Waals surface area contributed by atoms with E-state index in [0.29, 0.717) is 18.5 Å².